The molecule has 0 aliphatic heterocycles. The summed E-state index contributed by atoms with van der Waals surface area (Å²) in [6, 6.07) is 2.18. The molecule has 0 spiro atoms. The van der Waals surface area contributed by atoms with Crippen molar-refractivity contribution in [1.82, 2.24) is 9.97 Å². The van der Waals surface area contributed by atoms with Gasteiger partial charge in [-0.25, -0.2) is 4.98 Å². The lowest BCUT2D eigenvalue weighted by Crippen LogP contribution is -2.13. The summed E-state index contributed by atoms with van der Waals surface area (Å²) in [7, 11) is 1.87. The molecule has 2 aromatic heterocycles. The molecule has 0 unspecified atom stereocenters. The van der Waals surface area contributed by atoms with Crippen LogP contribution in [0.4, 0.5) is 11.8 Å². The zero-order valence-corrected chi connectivity index (χ0v) is 13.7. The Morgan fingerprint density at radius 1 is 1.24 bits per heavy atom. The number of nitrogens with one attached hydrogen (secondary N) is 2. The van der Waals surface area contributed by atoms with E-state index in [4.69, 9.17) is 0 Å². The first-order chi connectivity index (χ1) is 10.3. The number of hydrogen-bond donors (Lipinski definition) is 2. The van der Waals surface area contributed by atoms with Crippen LogP contribution in [0.15, 0.2) is 6.07 Å². The van der Waals surface area contributed by atoms with Crippen LogP contribution in [-0.4, -0.2) is 23.6 Å². The molecular formula is C16H24N4S. The van der Waals surface area contributed by atoms with Crippen LogP contribution in [0.3, 0.4) is 0 Å². The van der Waals surface area contributed by atoms with Gasteiger partial charge in [0.2, 0.25) is 5.95 Å². The highest BCUT2D eigenvalue weighted by molar-refractivity contribution is 7.18. The first kappa shape index (κ1) is 14.6. The molecule has 0 atom stereocenters. The normalized spacial score (nSPS) is 16.3. The van der Waals surface area contributed by atoms with Crippen molar-refractivity contribution in [3.8, 4) is 0 Å². The quantitative estimate of drug-likeness (QED) is 0.858. The smallest absolute Gasteiger partial charge is 0.225 e. The van der Waals surface area contributed by atoms with E-state index in [0.29, 0.717) is 5.95 Å². The maximum atomic E-state index is 4.59. The van der Waals surface area contributed by atoms with Gasteiger partial charge in [-0.1, -0.05) is 32.1 Å². The minimum atomic E-state index is 0.699. The van der Waals surface area contributed by atoms with Crippen LogP contribution in [0, 0.1) is 12.8 Å². The Morgan fingerprint density at radius 2 is 2.05 bits per heavy atom. The van der Waals surface area contributed by atoms with Crippen molar-refractivity contribution in [2.24, 2.45) is 5.92 Å². The summed E-state index contributed by atoms with van der Waals surface area (Å²) in [6.45, 7) is 3.13. The molecule has 0 radical (unpaired) electrons. The lowest BCUT2D eigenvalue weighted by molar-refractivity contribution is 0.345. The fraction of sp³-hybridized carbons (Fsp3) is 0.625. The van der Waals surface area contributed by atoms with Crippen LogP contribution in [-0.2, 0) is 0 Å². The van der Waals surface area contributed by atoms with Gasteiger partial charge in [0, 0.05) is 18.5 Å². The molecule has 0 aromatic carbocycles. The van der Waals surface area contributed by atoms with Crippen LogP contribution in [0.1, 0.15) is 43.4 Å². The minimum Gasteiger partial charge on any atom is -0.369 e. The van der Waals surface area contributed by atoms with Crippen molar-refractivity contribution < 1.29 is 0 Å². The summed E-state index contributed by atoms with van der Waals surface area (Å²) in [5.74, 6) is 2.57. The van der Waals surface area contributed by atoms with Crippen LogP contribution < -0.4 is 10.6 Å². The van der Waals surface area contributed by atoms with Crippen molar-refractivity contribution in [3.63, 3.8) is 0 Å². The third-order valence-electron chi connectivity index (χ3n) is 4.31. The molecule has 1 aliphatic carbocycles. The predicted octanol–water partition coefficient (Wildman–Crippen LogP) is 4.42. The molecule has 3 rings (SSSR count). The SMILES string of the molecule is CNc1nc(NCCC2CCCCC2)c2cc(C)sc2n1. The molecule has 0 bridgehead atoms. The van der Waals surface area contributed by atoms with Crippen LogP contribution in [0.25, 0.3) is 10.2 Å². The number of aromatic nitrogens is 2. The molecule has 1 aliphatic rings. The van der Waals surface area contributed by atoms with Gasteiger partial charge in [0.25, 0.3) is 0 Å². The molecule has 2 aromatic rings. The molecular weight excluding hydrogens is 280 g/mol. The third kappa shape index (κ3) is 3.46. The number of fused-ring (bicyclic) bond motifs is 1. The Labute approximate surface area is 130 Å². The molecule has 5 heteroatoms. The molecule has 21 heavy (non-hydrogen) atoms. The topological polar surface area (TPSA) is 49.8 Å². The summed E-state index contributed by atoms with van der Waals surface area (Å²) in [6.07, 6.45) is 8.31. The molecule has 114 valence electrons. The number of nitrogens with zero attached hydrogens (tertiary/aromatic N) is 2. The van der Waals surface area contributed by atoms with E-state index in [1.807, 2.05) is 7.05 Å². The zero-order chi connectivity index (χ0) is 14.7. The Balaban J connectivity index is 1.70. The van der Waals surface area contributed by atoms with E-state index in [9.17, 15) is 0 Å². The van der Waals surface area contributed by atoms with E-state index in [-0.39, 0.29) is 0 Å². The largest absolute Gasteiger partial charge is 0.369 e. The average molecular weight is 304 g/mol. The Hall–Kier alpha value is -1.36. The van der Waals surface area contributed by atoms with Gasteiger partial charge in [-0.15, -0.1) is 11.3 Å². The second-order valence-corrected chi connectivity index (χ2v) is 7.18. The number of aryl methyl sites for hydroxylation is 1. The number of rotatable bonds is 5. The molecule has 1 fully saturated rings. The molecule has 0 saturated heterocycles. The standard InChI is InChI=1S/C16H24N4S/c1-11-10-13-14(19-16(17-2)20-15(13)21-11)18-9-8-12-6-4-3-5-7-12/h10,12H,3-9H2,1-2H3,(H2,17,18,19,20). The van der Waals surface area contributed by atoms with Crippen LogP contribution in [0.2, 0.25) is 0 Å². The lowest BCUT2D eigenvalue weighted by atomic mass is 9.87. The molecule has 2 N–H and O–H groups in total. The van der Waals surface area contributed by atoms with Gasteiger partial charge in [0.15, 0.2) is 0 Å². The maximum absolute atomic E-state index is 4.59. The van der Waals surface area contributed by atoms with E-state index in [0.717, 1.165) is 28.5 Å². The van der Waals surface area contributed by atoms with Gasteiger partial charge < -0.3 is 10.6 Å². The second-order valence-electron chi connectivity index (χ2n) is 5.94. The molecule has 2 heterocycles. The van der Waals surface area contributed by atoms with Gasteiger partial charge in [-0.05, 0) is 25.3 Å². The van der Waals surface area contributed by atoms with E-state index in [1.165, 1.54) is 43.4 Å². The van der Waals surface area contributed by atoms with Gasteiger partial charge in [-0.3, -0.25) is 0 Å². The fourth-order valence-corrected chi connectivity index (χ4v) is 4.04. The fourth-order valence-electron chi connectivity index (χ4n) is 3.16. The highest BCUT2D eigenvalue weighted by Gasteiger charge is 2.14. The number of thiophene rings is 1. The van der Waals surface area contributed by atoms with Crippen molar-refractivity contribution in [2.75, 3.05) is 24.2 Å². The first-order valence-corrected chi connectivity index (χ1v) is 8.77. The summed E-state index contributed by atoms with van der Waals surface area (Å²) < 4.78 is 0. The second kappa shape index (κ2) is 6.60. The maximum Gasteiger partial charge on any atom is 0.225 e. The highest BCUT2D eigenvalue weighted by Crippen LogP contribution is 2.30. The molecule has 0 amide bonds. The Morgan fingerprint density at radius 3 is 2.81 bits per heavy atom. The minimum absolute atomic E-state index is 0.699. The van der Waals surface area contributed by atoms with Crippen molar-refractivity contribution in [1.29, 1.82) is 0 Å². The summed E-state index contributed by atoms with van der Waals surface area (Å²) in [5.41, 5.74) is 0. The number of anilines is 2. The van der Waals surface area contributed by atoms with E-state index < -0.39 is 0 Å². The predicted molar refractivity (Wildman–Crippen MR) is 91.4 cm³/mol. The number of hydrogen-bond acceptors (Lipinski definition) is 5. The Bertz CT molecular complexity index is 602. The molecule has 4 nitrogen and oxygen atoms in total. The van der Waals surface area contributed by atoms with Gasteiger partial charge >= 0.3 is 0 Å². The van der Waals surface area contributed by atoms with Crippen molar-refractivity contribution >= 4 is 33.3 Å². The van der Waals surface area contributed by atoms with Crippen LogP contribution >= 0.6 is 11.3 Å². The van der Waals surface area contributed by atoms with Crippen molar-refractivity contribution in [3.05, 3.63) is 10.9 Å². The third-order valence-corrected chi connectivity index (χ3v) is 5.25. The van der Waals surface area contributed by atoms with Gasteiger partial charge in [0.05, 0.1) is 5.39 Å². The van der Waals surface area contributed by atoms with Crippen LogP contribution in [0.5, 0.6) is 0 Å². The summed E-state index contributed by atoms with van der Waals surface area (Å²) >= 11 is 1.73. The van der Waals surface area contributed by atoms with Gasteiger partial charge in [0.1, 0.15) is 10.6 Å². The highest BCUT2D eigenvalue weighted by atomic mass is 32.1. The first-order valence-electron chi connectivity index (χ1n) is 7.96. The lowest BCUT2D eigenvalue weighted by Gasteiger charge is -2.21. The van der Waals surface area contributed by atoms with E-state index >= 15 is 0 Å². The van der Waals surface area contributed by atoms with Crippen molar-refractivity contribution in [2.45, 2.75) is 45.4 Å². The molecule has 1 saturated carbocycles. The zero-order valence-electron chi connectivity index (χ0n) is 12.9. The monoisotopic (exact) mass is 304 g/mol. The van der Waals surface area contributed by atoms with E-state index in [1.54, 1.807) is 11.3 Å². The Kier molecular flexibility index (Phi) is 4.58. The van der Waals surface area contributed by atoms with Gasteiger partial charge in [-0.2, -0.15) is 4.98 Å². The average Bonchev–Trinajstić information content (AvgIpc) is 2.88. The van der Waals surface area contributed by atoms with E-state index in [2.05, 4.69) is 33.6 Å². The summed E-state index contributed by atoms with van der Waals surface area (Å²) in [5, 5.41) is 7.74. The summed E-state index contributed by atoms with van der Waals surface area (Å²) in [4.78, 5) is 11.5.